The van der Waals surface area contributed by atoms with Crippen molar-refractivity contribution in [3.05, 3.63) is 15.8 Å². The second kappa shape index (κ2) is 5.16. The second-order valence-corrected chi connectivity index (χ2v) is 5.45. The molecule has 0 unspecified atom stereocenters. The molecule has 2 rings (SSSR count). The van der Waals surface area contributed by atoms with Crippen molar-refractivity contribution in [1.29, 1.82) is 0 Å². The van der Waals surface area contributed by atoms with E-state index >= 15 is 0 Å². The van der Waals surface area contributed by atoms with E-state index in [-0.39, 0.29) is 22.8 Å². The normalized spacial score (nSPS) is 22.4. The summed E-state index contributed by atoms with van der Waals surface area (Å²) in [5.41, 5.74) is 0.475. The lowest BCUT2D eigenvalue weighted by Gasteiger charge is -2.31. The van der Waals surface area contributed by atoms with E-state index in [1.165, 1.54) is 0 Å². The SMILES string of the molecule is Cc1nn(C(C)C)c(NCC2CC(O)C2)c1[N+](=O)[O-]. The lowest BCUT2D eigenvalue weighted by molar-refractivity contribution is -0.384. The van der Waals surface area contributed by atoms with E-state index < -0.39 is 0 Å². The Morgan fingerprint density at radius 1 is 1.58 bits per heavy atom. The number of hydrogen-bond acceptors (Lipinski definition) is 5. The highest BCUT2D eigenvalue weighted by atomic mass is 16.6. The number of aliphatic hydroxyl groups is 1. The van der Waals surface area contributed by atoms with Gasteiger partial charge in [-0.3, -0.25) is 10.1 Å². The lowest BCUT2D eigenvalue weighted by Crippen LogP contribution is -2.33. The van der Waals surface area contributed by atoms with Crippen molar-refractivity contribution in [2.45, 2.75) is 45.8 Å². The molecule has 1 aromatic heterocycles. The Kier molecular flexibility index (Phi) is 3.75. The van der Waals surface area contributed by atoms with Crippen molar-refractivity contribution >= 4 is 11.5 Å². The zero-order valence-corrected chi connectivity index (χ0v) is 11.5. The number of anilines is 1. The third kappa shape index (κ3) is 2.70. The van der Waals surface area contributed by atoms with Crippen molar-refractivity contribution in [2.75, 3.05) is 11.9 Å². The van der Waals surface area contributed by atoms with E-state index in [9.17, 15) is 15.2 Å². The predicted octanol–water partition coefficient (Wildman–Crippen LogP) is 1.86. The van der Waals surface area contributed by atoms with Gasteiger partial charge in [-0.1, -0.05) is 0 Å². The molecule has 1 aliphatic carbocycles. The van der Waals surface area contributed by atoms with Crippen molar-refractivity contribution < 1.29 is 10.0 Å². The molecule has 2 N–H and O–H groups in total. The van der Waals surface area contributed by atoms with Crippen LogP contribution in [0.2, 0.25) is 0 Å². The van der Waals surface area contributed by atoms with Gasteiger partial charge in [0.25, 0.3) is 0 Å². The summed E-state index contributed by atoms with van der Waals surface area (Å²) in [4.78, 5) is 10.7. The van der Waals surface area contributed by atoms with Gasteiger partial charge in [-0.2, -0.15) is 5.10 Å². The Labute approximate surface area is 111 Å². The van der Waals surface area contributed by atoms with Crippen LogP contribution in [0.1, 0.15) is 38.4 Å². The van der Waals surface area contributed by atoms with Crippen molar-refractivity contribution in [3.63, 3.8) is 0 Å². The van der Waals surface area contributed by atoms with Crippen molar-refractivity contribution in [3.8, 4) is 0 Å². The Hall–Kier alpha value is -1.63. The summed E-state index contributed by atoms with van der Waals surface area (Å²) in [6.45, 7) is 6.16. The quantitative estimate of drug-likeness (QED) is 0.628. The molecule has 0 atom stereocenters. The molecule has 0 radical (unpaired) electrons. The van der Waals surface area contributed by atoms with E-state index in [1.807, 2.05) is 13.8 Å². The third-order valence-corrected chi connectivity index (χ3v) is 3.49. The summed E-state index contributed by atoms with van der Waals surface area (Å²) in [5, 5.41) is 27.7. The Morgan fingerprint density at radius 2 is 2.21 bits per heavy atom. The highest BCUT2D eigenvalue weighted by molar-refractivity contribution is 5.59. The molecule has 1 saturated carbocycles. The van der Waals surface area contributed by atoms with E-state index in [4.69, 9.17) is 0 Å². The predicted molar refractivity (Wildman–Crippen MR) is 71.2 cm³/mol. The maximum atomic E-state index is 11.1. The summed E-state index contributed by atoms with van der Waals surface area (Å²) in [7, 11) is 0. The van der Waals surface area contributed by atoms with Crippen LogP contribution in [0.25, 0.3) is 0 Å². The first kappa shape index (κ1) is 13.8. The molecule has 0 spiro atoms. The lowest BCUT2D eigenvalue weighted by atomic mass is 9.82. The zero-order chi connectivity index (χ0) is 14.2. The van der Waals surface area contributed by atoms with Crippen LogP contribution in [0, 0.1) is 23.0 Å². The first-order chi connectivity index (χ1) is 8.90. The van der Waals surface area contributed by atoms with Crippen molar-refractivity contribution in [1.82, 2.24) is 9.78 Å². The number of aryl methyl sites for hydroxylation is 1. The molecule has 0 bridgehead atoms. The van der Waals surface area contributed by atoms with Gasteiger partial charge < -0.3 is 10.4 Å². The molecular weight excluding hydrogens is 248 g/mol. The van der Waals surface area contributed by atoms with Crippen LogP contribution in [-0.2, 0) is 0 Å². The van der Waals surface area contributed by atoms with Crippen LogP contribution in [0.3, 0.4) is 0 Å². The fourth-order valence-electron chi connectivity index (χ4n) is 2.40. The van der Waals surface area contributed by atoms with E-state index in [0.717, 1.165) is 12.8 Å². The molecule has 1 fully saturated rings. The molecule has 0 aliphatic heterocycles. The minimum atomic E-state index is -0.390. The summed E-state index contributed by atoms with van der Waals surface area (Å²) in [6.07, 6.45) is 1.31. The first-order valence-corrected chi connectivity index (χ1v) is 6.55. The summed E-state index contributed by atoms with van der Waals surface area (Å²) >= 11 is 0. The van der Waals surface area contributed by atoms with Gasteiger partial charge in [0.05, 0.1) is 11.0 Å². The van der Waals surface area contributed by atoms with Gasteiger partial charge in [-0.25, -0.2) is 4.68 Å². The van der Waals surface area contributed by atoms with Crippen LogP contribution < -0.4 is 5.32 Å². The number of aliphatic hydroxyl groups excluding tert-OH is 1. The zero-order valence-electron chi connectivity index (χ0n) is 11.5. The molecule has 0 aromatic carbocycles. The third-order valence-electron chi connectivity index (χ3n) is 3.49. The largest absolute Gasteiger partial charge is 0.393 e. The fourth-order valence-corrected chi connectivity index (χ4v) is 2.40. The average Bonchev–Trinajstić information content (AvgIpc) is 2.60. The van der Waals surface area contributed by atoms with Crippen LogP contribution in [0.5, 0.6) is 0 Å². The summed E-state index contributed by atoms with van der Waals surface area (Å²) in [5.74, 6) is 0.851. The van der Waals surface area contributed by atoms with Gasteiger partial charge in [-0.05, 0) is 39.5 Å². The number of aromatic nitrogens is 2. The van der Waals surface area contributed by atoms with Gasteiger partial charge in [-0.15, -0.1) is 0 Å². The molecule has 1 aliphatic rings. The maximum Gasteiger partial charge on any atom is 0.333 e. The van der Waals surface area contributed by atoms with Crippen molar-refractivity contribution in [2.24, 2.45) is 5.92 Å². The standard InChI is InChI=1S/C12H20N4O3/c1-7(2)15-12(11(16(18)19)8(3)14-15)13-6-9-4-10(17)5-9/h7,9-10,13,17H,4-6H2,1-3H3. The Bertz CT molecular complexity index is 478. The molecule has 19 heavy (non-hydrogen) atoms. The molecular formula is C12H20N4O3. The Morgan fingerprint density at radius 3 is 2.68 bits per heavy atom. The number of nitro groups is 1. The van der Waals surface area contributed by atoms with Crippen LogP contribution >= 0.6 is 0 Å². The minimum Gasteiger partial charge on any atom is -0.393 e. The second-order valence-electron chi connectivity index (χ2n) is 5.45. The Balaban J connectivity index is 2.18. The van der Waals surface area contributed by atoms with E-state index in [0.29, 0.717) is 24.0 Å². The monoisotopic (exact) mass is 268 g/mol. The van der Waals surface area contributed by atoms with Gasteiger partial charge in [0.1, 0.15) is 5.69 Å². The molecule has 0 amide bonds. The van der Waals surface area contributed by atoms with E-state index in [1.54, 1.807) is 11.6 Å². The van der Waals surface area contributed by atoms with Gasteiger partial charge >= 0.3 is 5.69 Å². The molecule has 106 valence electrons. The summed E-state index contributed by atoms with van der Waals surface area (Å²) in [6, 6.07) is 0.0573. The molecule has 1 heterocycles. The highest BCUT2D eigenvalue weighted by Crippen LogP contribution is 2.33. The average molecular weight is 268 g/mol. The van der Waals surface area contributed by atoms with Gasteiger partial charge in [0, 0.05) is 12.6 Å². The van der Waals surface area contributed by atoms with Crippen LogP contribution in [0.15, 0.2) is 0 Å². The maximum absolute atomic E-state index is 11.1. The number of nitrogens with zero attached hydrogens (tertiary/aromatic N) is 3. The first-order valence-electron chi connectivity index (χ1n) is 6.55. The van der Waals surface area contributed by atoms with Crippen LogP contribution in [-0.4, -0.2) is 32.5 Å². The molecule has 0 saturated heterocycles. The summed E-state index contributed by atoms with van der Waals surface area (Å²) < 4.78 is 1.66. The molecule has 1 aromatic rings. The smallest absolute Gasteiger partial charge is 0.333 e. The minimum absolute atomic E-state index is 0.0496. The topological polar surface area (TPSA) is 93.2 Å². The number of rotatable bonds is 5. The van der Waals surface area contributed by atoms with E-state index in [2.05, 4.69) is 10.4 Å². The van der Waals surface area contributed by atoms with Crippen LogP contribution in [0.4, 0.5) is 11.5 Å². The number of hydrogen-bond donors (Lipinski definition) is 2. The van der Waals surface area contributed by atoms with Gasteiger partial charge in [0.15, 0.2) is 0 Å². The fraction of sp³-hybridized carbons (Fsp3) is 0.750. The highest BCUT2D eigenvalue weighted by Gasteiger charge is 2.30. The van der Waals surface area contributed by atoms with Gasteiger partial charge in [0.2, 0.25) is 5.82 Å². The molecule has 7 nitrogen and oxygen atoms in total. The molecule has 7 heteroatoms. The number of nitrogens with one attached hydrogen (secondary N) is 1.